The molecular weight excluding hydrogens is 206 g/mol. The van der Waals surface area contributed by atoms with Crippen molar-refractivity contribution in [3.63, 3.8) is 0 Å². The van der Waals surface area contributed by atoms with Gasteiger partial charge < -0.3 is 5.73 Å². The molecule has 0 aliphatic heterocycles. The fourth-order valence-corrected chi connectivity index (χ4v) is 4.04. The third-order valence-electron chi connectivity index (χ3n) is 5.11. The van der Waals surface area contributed by atoms with Gasteiger partial charge in [-0.3, -0.25) is 0 Å². The second kappa shape index (κ2) is 6.78. The predicted molar refractivity (Wildman–Crippen MR) is 74.9 cm³/mol. The van der Waals surface area contributed by atoms with Crippen molar-refractivity contribution < 1.29 is 0 Å². The highest BCUT2D eigenvalue weighted by atomic mass is 14.7. The second-order valence-corrected chi connectivity index (χ2v) is 6.41. The molecule has 17 heavy (non-hydrogen) atoms. The fraction of sp³-hybridized carbons (Fsp3) is 1.00. The summed E-state index contributed by atoms with van der Waals surface area (Å²) in [7, 11) is 0. The zero-order valence-electron chi connectivity index (χ0n) is 11.7. The van der Waals surface area contributed by atoms with Crippen LogP contribution in [0.2, 0.25) is 0 Å². The van der Waals surface area contributed by atoms with Crippen molar-refractivity contribution in [3.8, 4) is 0 Å². The van der Waals surface area contributed by atoms with Crippen LogP contribution in [0.25, 0.3) is 0 Å². The number of rotatable bonds is 9. The average Bonchev–Trinajstić information content (AvgIpc) is 2.82. The van der Waals surface area contributed by atoms with E-state index < -0.39 is 0 Å². The summed E-state index contributed by atoms with van der Waals surface area (Å²) in [6.45, 7) is 2.28. The van der Waals surface area contributed by atoms with Crippen LogP contribution in [0.1, 0.15) is 77.6 Å². The van der Waals surface area contributed by atoms with E-state index in [2.05, 4.69) is 6.92 Å². The molecule has 2 aliphatic rings. The van der Waals surface area contributed by atoms with Gasteiger partial charge in [0.05, 0.1) is 0 Å². The Balaban J connectivity index is 1.43. The molecule has 2 aliphatic carbocycles. The van der Waals surface area contributed by atoms with Crippen molar-refractivity contribution in [2.45, 2.75) is 83.6 Å². The van der Waals surface area contributed by atoms with Crippen LogP contribution >= 0.6 is 0 Å². The summed E-state index contributed by atoms with van der Waals surface area (Å²) in [5.41, 5.74) is 6.33. The minimum Gasteiger partial charge on any atom is -0.327 e. The summed E-state index contributed by atoms with van der Waals surface area (Å²) in [6, 6.07) is 0.543. The van der Waals surface area contributed by atoms with Gasteiger partial charge in [0.2, 0.25) is 0 Å². The van der Waals surface area contributed by atoms with Gasteiger partial charge in [-0.05, 0) is 37.0 Å². The van der Waals surface area contributed by atoms with E-state index in [1.54, 1.807) is 0 Å². The summed E-state index contributed by atoms with van der Waals surface area (Å²) < 4.78 is 0. The minimum absolute atomic E-state index is 0.543. The predicted octanol–water partition coefficient (Wildman–Crippen LogP) is 4.50. The lowest BCUT2D eigenvalue weighted by Crippen LogP contribution is -2.24. The Bertz CT molecular complexity index is 204. The molecule has 0 saturated heterocycles. The Morgan fingerprint density at radius 2 is 1.53 bits per heavy atom. The molecule has 1 nitrogen and oxygen atoms in total. The van der Waals surface area contributed by atoms with Crippen LogP contribution in [0, 0.1) is 17.8 Å². The summed E-state index contributed by atoms with van der Waals surface area (Å²) in [6.07, 6.45) is 15.6. The van der Waals surface area contributed by atoms with Gasteiger partial charge in [-0.25, -0.2) is 0 Å². The Morgan fingerprint density at radius 3 is 2.18 bits per heavy atom. The molecule has 0 radical (unpaired) electrons. The van der Waals surface area contributed by atoms with E-state index in [9.17, 15) is 0 Å². The number of hydrogen-bond donors (Lipinski definition) is 1. The number of nitrogens with two attached hydrogens (primary N) is 1. The van der Waals surface area contributed by atoms with Gasteiger partial charge in [0, 0.05) is 6.04 Å². The zero-order valence-corrected chi connectivity index (χ0v) is 11.7. The van der Waals surface area contributed by atoms with Crippen molar-refractivity contribution in [3.05, 3.63) is 0 Å². The molecule has 0 aromatic heterocycles. The van der Waals surface area contributed by atoms with Crippen LogP contribution in [-0.4, -0.2) is 6.04 Å². The Kier molecular flexibility index (Phi) is 5.34. The second-order valence-electron chi connectivity index (χ2n) is 6.41. The molecule has 0 aromatic rings. The van der Waals surface area contributed by atoms with E-state index in [4.69, 9.17) is 5.73 Å². The maximum atomic E-state index is 6.33. The Hall–Kier alpha value is -0.0400. The minimum atomic E-state index is 0.543. The summed E-state index contributed by atoms with van der Waals surface area (Å²) in [5, 5.41) is 0. The molecule has 2 saturated carbocycles. The number of hydrogen-bond acceptors (Lipinski definition) is 1. The standard InChI is InChI=1S/C16H31N/c1-2-3-4-5-6-7-8-12-15(17)16-13-10-9-11-14(13)16/h13-16H,2-12,17H2,1H3. The topological polar surface area (TPSA) is 26.0 Å². The molecule has 0 spiro atoms. The van der Waals surface area contributed by atoms with E-state index in [1.165, 1.54) is 70.6 Å². The van der Waals surface area contributed by atoms with E-state index in [-0.39, 0.29) is 0 Å². The van der Waals surface area contributed by atoms with Crippen LogP contribution in [0.3, 0.4) is 0 Å². The Morgan fingerprint density at radius 1 is 0.941 bits per heavy atom. The molecular formula is C16H31N. The van der Waals surface area contributed by atoms with Crippen molar-refractivity contribution in [1.29, 1.82) is 0 Å². The molecule has 3 unspecified atom stereocenters. The summed E-state index contributed by atoms with van der Waals surface area (Å²) >= 11 is 0. The Labute approximate surface area is 108 Å². The van der Waals surface area contributed by atoms with E-state index in [0.717, 1.165) is 17.8 Å². The highest BCUT2D eigenvalue weighted by Gasteiger charge is 2.54. The molecule has 0 aromatic carbocycles. The molecule has 2 fully saturated rings. The van der Waals surface area contributed by atoms with Gasteiger partial charge in [0.25, 0.3) is 0 Å². The fourth-order valence-electron chi connectivity index (χ4n) is 4.04. The van der Waals surface area contributed by atoms with E-state index in [1.807, 2.05) is 0 Å². The average molecular weight is 237 g/mol. The maximum absolute atomic E-state index is 6.33. The van der Waals surface area contributed by atoms with Crippen molar-refractivity contribution >= 4 is 0 Å². The normalized spacial score (nSPS) is 32.5. The SMILES string of the molecule is CCCCCCCCCC(N)C1C2CCCC21. The van der Waals surface area contributed by atoms with E-state index >= 15 is 0 Å². The van der Waals surface area contributed by atoms with Crippen molar-refractivity contribution in [2.75, 3.05) is 0 Å². The number of fused-ring (bicyclic) bond motifs is 1. The smallest absolute Gasteiger partial charge is 0.00726 e. The summed E-state index contributed by atoms with van der Waals surface area (Å²) in [4.78, 5) is 0. The highest BCUT2D eigenvalue weighted by molar-refractivity contribution is 5.05. The van der Waals surface area contributed by atoms with Crippen molar-refractivity contribution in [1.82, 2.24) is 0 Å². The maximum Gasteiger partial charge on any atom is 0.00726 e. The summed E-state index contributed by atoms with van der Waals surface area (Å²) in [5.74, 6) is 3.04. The molecule has 0 amide bonds. The van der Waals surface area contributed by atoms with Gasteiger partial charge in [-0.1, -0.05) is 58.3 Å². The van der Waals surface area contributed by atoms with Crippen LogP contribution < -0.4 is 5.73 Å². The van der Waals surface area contributed by atoms with Crippen LogP contribution in [0.15, 0.2) is 0 Å². The lowest BCUT2D eigenvalue weighted by atomic mass is 9.98. The van der Waals surface area contributed by atoms with Gasteiger partial charge in [-0.2, -0.15) is 0 Å². The van der Waals surface area contributed by atoms with Gasteiger partial charge in [0.15, 0.2) is 0 Å². The molecule has 0 bridgehead atoms. The molecule has 0 heterocycles. The molecule has 100 valence electrons. The first-order valence-corrected chi connectivity index (χ1v) is 8.10. The third-order valence-corrected chi connectivity index (χ3v) is 5.11. The molecule has 1 heteroatoms. The monoisotopic (exact) mass is 237 g/mol. The first-order valence-electron chi connectivity index (χ1n) is 8.10. The molecule has 2 rings (SSSR count). The first-order chi connectivity index (χ1) is 8.34. The lowest BCUT2D eigenvalue weighted by molar-refractivity contribution is 0.440. The highest BCUT2D eigenvalue weighted by Crippen LogP contribution is 2.59. The molecule has 2 N–H and O–H groups in total. The first kappa shape index (κ1) is 13.4. The largest absolute Gasteiger partial charge is 0.327 e. The lowest BCUT2D eigenvalue weighted by Gasteiger charge is -2.13. The van der Waals surface area contributed by atoms with Crippen LogP contribution in [0.4, 0.5) is 0 Å². The third kappa shape index (κ3) is 3.71. The zero-order chi connectivity index (χ0) is 12.1. The van der Waals surface area contributed by atoms with Gasteiger partial charge in [-0.15, -0.1) is 0 Å². The van der Waals surface area contributed by atoms with Crippen LogP contribution in [0.5, 0.6) is 0 Å². The van der Waals surface area contributed by atoms with Crippen molar-refractivity contribution in [2.24, 2.45) is 23.5 Å². The van der Waals surface area contributed by atoms with Gasteiger partial charge >= 0.3 is 0 Å². The molecule has 3 atom stereocenters. The quantitative estimate of drug-likeness (QED) is 0.587. The van der Waals surface area contributed by atoms with Gasteiger partial charge in [0.1, 0.15) is 0 Å². The number of unbranched alkanes of at least 4 members (excludes halogenated alkanes) is 6. The van der Waals surface area contributed by atoms with Crippen LogP contribution in [-0.2, 0) is 0 Å². The van der Waals surface area contributed by atoms with E-state index in [0.29, 0.717) is 6.04 Å².